The van der Waals surface area contributed by atoms with E-state index in [2.05, 4.69) is 37.0 Å². The van der Waals surface area contributed by atoms with Gasteiger partial charge in [0.2, 0.25) is 0 Å². The minimum absolute atomic E-state index is 0.0728. The molecule has 0 saturated heterocycles. The van der Waals surface area contributed by atoms with Crippen LogP contribution < -0.4 is 5.73 Å². The van der Waals surface area contributed by atoms with E-state index in [0.717, 1.165) is 12.0 Å². The van der Waals surface area contributed by atoms with E-state index in [4.69, 9.17) is 5.73 Å². The van der Waals surface area contributed by atoms with E-state index in [1.807, 2.05) is 18.5 Å². The Kier molecular flexibility index (Phi) is 3.20. The van der Waals surface area contributed by atoms with Crippen molar-refractivity contribution in [2.75, 3.05) is 0 Å². The molecule has 1 heterocycles. The van der Waals surface area contributed by atoms with Crippen LogP contribution in [0.15, 0.2) is 36.7 Å². The van der Waals surface area contributed by atoms with Crippen molar-refractivity contribution in [1.82, 2.24) is 4.98 Å². The first kappa shape index (κ1) is 11.1. The summed E-state index contributed by atoms with van der Waals surface area (Å²) in [6.07, 6.45) is 4.88. The molecule has 84 valence electrons. The molecule has 2 atom stereocenters. The first-order valence-electron chi connectivity index (χ1n) is 5.82. The van der Waals surface area contributed by atoms with E-state index < -0.39 is 0 Å². The predicted octanol–water partition coefficient (Wildman–Crippen LogP) is 3.28. The van der Waals surface area contributed by atoms with Gasteiger partial charge in [-0.2, -0.15) is 0 Å². The molecule has 1 aromatic heterocycles. The van der Waals surface area contributed by atoms with Gasteiger partial charge in [0.15, 0.2) is 0 Å². The van der Waals surface area contributed by atoms with E-state index in [1.165, 1.54) is 10.8 Å². The summed E-state index contributed by atoms with van der Waals surface area (Å²) in [4.78, 5) is 4.27. The number of nitrogens with two attached hydrogens (primary N) is 1. The molecule has 0 aliphatic carbocycles. The quantitative estimate of drug-likeness (QED) is 0.851. The average molecular weight is 214 g/mol. The third kappa shape index (κ3) is 1.93. The third-order valence-corrected chi connectivity index (χ3v) is 3.32. The van der Waals surface area contributed by atoms with E-state index in [1.54, 1.807) is 0 Å². The highest BCUT2D eigenvalue weighted by Gasteiger charge is 2.15. The monoisotopic (exact) mass is 214 g/mol. The second-order valence-electron chi connectivity index (χ2n) is 4.36. The summed E-state index contributed by atoms with van der Waals surface area (Å²) in [5.41, 5.74) is 7.43. The van der Waals surface area contributed by atoms with Gasteiger partial charge in [-0.1, -0.05) is 44.5 Å². The SMILES string of the molecule is CCC(C)C(N)c1cncc2ccccc12. The standard InChI is InChI=1S/C14H18N2/c1-3-10(2)14(15)13-9-16-8-11-6-4-5-7-12(11)13/h4-10,14H,3,15H2,1-2H3. The molecule has 0 aliphatic rings. The number of hydrogen-bond acceptors (Lipinski definition) is 2. The lowest BCUT2D eigenvalue weighted by Crippen LogP contribution is -2.19. The van der Waals surface area contributed by atoms with Crippen LogP contribution in [0, 0.1) is 5.92 Å². The second-order valence-corrected chi connectivity index (χ2v) is 4.36. The maximum Gasteiger partial charge on any atom is 0.0346 e. The van der Waals surface area contributed by atoms with Crippen LogP contribution in [0.3, 0.4) is 0 Å². The van der Waals surface area contributed by atoms with Crippen LogP contribution in [-0.4, -0.2) is 4.98 Å². The van der Waals surface area contributed by atoms with Gasteiger partial charge in [0, 0.05) is 23.8 Å². The first-order chi connectivity index (χ1) is 7.74. The fourth-order valence-corrected chi connectivity index (χ4v) is 1.97. The summed E-state index contributed by atoms with van der Waals surface area (Å²) in [6.45, 7) is 4.36. The van der Waals surface area contributed by atoms with E-state index in [-0.39, 0.29) is 6.04 Å². The predicted molar refractivity (Wildman–Crippen MR) is 68.1 cm³/mol. The molecule has 0 amide bonds. The summed E-state index contributed by atoms with van der Waals surface area (Å²) in [6, 6.07) is 8.35. The maximum atomic E-state index is 6.28. The van der Waals surface area contributed by atoms with Gasteiger partial charge < -0.3 is 5.73 Å². The summed E-state index contributed by atoms with van der Waals surface area (Å²) < 4.78 is 0. The van der Waals surface area contributed by atoms with Crippen LogP contribution in [0.25, 0.3) is 10.8 Å². The molecule has 0 saturated carbocycles. The highest BCUT2D eigenvalue weighted by molar-refractivity contribution is 5.85. The Balaban J connectivity index is 2.52. The zero-order valence-electron chi connectivity index (χ0n) is 9.85. The molecular weight excluding hydrogens is 196 g/mol. The zero-order valence-corrected chi connectivity index (χ0v) is 9.85. The fraction of sp³-hybridized carbons (Fsp3) is 0.357. The Labute approximate surface area is 96.5 Å². The number of pyridine rings is 1. The molecule has 0 bridgehead atoms. The Morgan fingerprint density at radius 3 is 2.75 bits per heavy atom. The fourth-order valence-electron chi connectivity index (χ4n) is 1.97. The summed E-state index contributed by atoms with van der Waals surface area (Å²) in [5, 5.41) is 2.39. The van der Waals surface area contributed by atoms with E-state index in [9.17, 15) is 0 Å². The van der Waals surface area contributed by atoms with Crippen LogP contribution >= 0.6 is 0 Å². The zero-order chi connectivity index (χ0) is 11.5. The lowest BCUT2D eigenvalue weighted by Gasteiger charge is -2.19. The summed E-state index contributed by atoms with van der Waals surface area (Å²) >= 11 is 0. The minimum atomic E-state index is 0.0728. The number of rotatable bonds is 3. The first-order valence-corrected chi connectivity index (χ1v) is 5.82. The largest absolute Gasteiger partial charge is 0.324 e. The van der Waals surface area contributed by atoms with Gasteiger partial charge in [-0.15, -0.1) is 0 Å². The van der Waals surface area contributed by atoms with Crippen LogP contribution in [0.4, 0.5) is 0 Å². The molecule has 2 rings (SSSR count). The van der Waals surface area contributed by atoms with Crippen molar-refractivity contribution in [3.63, 3.8) is 0 Å². The van der Waals surface area contributed by atoms with Gasteiger partial charge in [-0.3, -0.25) is 4.98 Å². The molecule has 2 N–H and O–H groups in total. The lowest BCUT2D eigenvalue weighted by molar-refractivity contribution is 0.458. The molecule has 16 heavy (non-hydrogen) atoms. The molecular formula is C14H18N2. The molecule has 2 heteroatoms. The Bertz CT molecular complexity index is 474. The number of benzene rings is 1. The van der Waals surface area contributed by atoms with Crippen molar-refractivity contribution in [3.8, 4) is 0 Å². The molecule has 1 aromatic carbocycles. The lowest BCUT2D eigenvalue weighted by atomic mass is 9.91. The van der Waals surface area contributed by atoms with Gasteiger partial charge in [0.05, 0.1) is 0 Å². The third-order valence-electron chi connectivity index (χ3n) is 3.32. The van der Waals surface area contributed by atoms with Crippen LogP contribution in [0.2, 0.25) is 0 Å². The van der Waals surface area contributed by atoms with Crippen molar-refractivity contribution in [2.45, 2.75) is 26.3 Å². The van der Waals surface area contributed by atoms with Crippen molar-refractivity contribution in [1.29, 1.82) is 0 Å². The molecule has 0 radical (unpaired) electrons. The number of aromatic nitrogens is 1. The number of fused-ring (bicyclic) bond motifs is 1. The second kappa shape index (κ2) is 4.62. The van der Waals surface area contributed by atoms with Gasteiger partial charge in [0.25, 0.3) is 0 Å². The van der Waals surface area contributed by atoms with Crippen LogP contribution in [0.1, 0.15) is 31.9 Å². The number of hydrogen-bond donors (Lipinski definition) is 1. The molecule has 0 spiro atoms. The molecule has 0 fully saturated rings. The van der Waals surface area contributed by atoms with Gasteiger partial charge in [0.1, 0.15) is 0 Å². The maximum absolute atomic E-state index is 6.28. The molecule has 0 aliphatic heterocycles. The van der Waals surface area contributed by atoms with Gasteiger partial charge in [-0.25, -0.2) is 0 Å². The highest BCUT2D eigenvalue weighted by atomic mass is 14.7. The van der Waals surface area contributed by atoms with Crippen molar-refractivity contribution < 1.29 is 0 Å². The van der Waals surface area contributed by atoms with E-state index >= 15 is 0 Å². The Hall–Kier alpha value is -1.41. The van der Waals surface area contributed by atoms with Gasteiger partial charge >= 0.3 is 0 Å². The van der Waals surface area contributed by atoms with Crippen molar-refractivity contribution in [3.05, 3.63) is 42.2 Å². The topological polar surface area (TPSA) is 38.9 Å². The summed E-state index contributed by atoms with van der Waals surface area (Å²) in [5.74, 6) is 0.479. The van der Waals surface area contributed by atoms with Crippen molar-refractivity contribution >= 4 is 10.8 Å². The molecule has 2 nitrogen and oxygen atoms in total. The molecule has 2 unspecified atom stereocenters. The smallest absolute Gasteiger partial charge is 0.0346 e. The van der Waals surface area contributed by atoms with Crippen molar-refractivity contribution in [2.24, 2.45) is 11.7 Å². The van der Waals surface area contributed by atoms with Gasteiger partial charge in [-0.05, 0) is 16.9 Å². The number of nitrogens with zero attached hydrogens (tertiary/aromatic N) is 1. The highest BCUT2D eigenvalue weighted by Crippen LogP contribution is 2.27. The Morgan fingerprint density at radius 1 is 1.25 bits per heavy atom. The Morgan fingerprint density at radius 2 is 2.00 bits per heavy atom. The van der Waals surface area contributed by atoms with E-state index in [0.29, 0.717) is 5.92 Å². The molecule has 2 aromatic rings. The van der Waals surface area contributed by atoms with Crippen LogP contribution in [0.5, 0.6) is 0 Å². The minimum Gasteiger partial charge on any atom is -0.324 e. The normalized spacial score (nSPS) is 14.9. The average Bonchev–Trinajstić information content (AvgIpc) is 2.36. The van der Waals surface area contributed by atoms with Crippen LogP contribution in [-0.2, 0) is 0 Å². The summed E-state index contributed by atoms with van der Waals surface area (Å²) in [7, 11) is 0.